The number of nitrogens with one attached hydrogen (secondary N) is 1. The topological polar surface area (TPSA) is 72.9 Å². The average molecular weight is 290 g/mol. The molecule has 0 aliphatic rings. The van der Waals surface area contributed by atoms with E-state index in [0.717, 1.165) is 5.75 Å². The normalized spacial score (nSPS) is 10.5. The molecule has 2 rings (SSSR count). The molecule has 0 aliphatic carbocycles. The van der Waals surface area contributed by atoms with Crippen molar-refractivity contribution in [2.45, 2.75) is 11.8 Å². The second kappa shape index (κ2) is 6.47. The number of anilines is 1. The highest BCUT2D eigenvalue weighted by Gasteiger charge is 2.17. The second-order valence-electron chi connectivity index (χ2n) is 4.39. The number of carbonyl (C=O) groups excluding carboxylic acids is 1. The van der Waals surface area contributed by atoms with Gasteiger partial charge in [0, 0.05) is 24.2 Å². The van der Waals surface area contributed by atoms with Crippen LogP contribution in [0.3, 0.4) is 0 Å². The fourth-order valence-corrected chi connectivity index (χ4v) is 2.67. The predicted molar refractivity (Wildman–Crippen MR) is 81.9 cm³/mol. The number of rotatable bonds is 5. The van der Waals surface area contributed by atoms with Gasteiger partial charge in [0.25, 0.3) is 5.91 Å². The molecule has 1 amide bonds. The van der Waals surface area contributed by atoms with Crippen molar-refractivity contribution in [3.05, 3.63) is 41.7 Å². The Kier molecular flexibility index (Phi) is 4.68. The Morgan fingerprint density at radius 3 is 2.70 bits per heavy atom. The third kappa shape index (κ3) is 3.33. The minimum atomic E-state index is -0.181. The van der Waals surface area contributed by atoms with Gasteiger partial charge < -0.3 is 11.1 Å². The Labute approximate surface area is 122 Å². The summed E-state index contributed by atoms with van der Waals surface area (Å²) in [6.07, 6.45) is 0. The molecule has 0 spiro atoms. The third-order valence-electron chi connectivity index (χ3n) is 2.88. The maximum absolute atomic E-state index is 12.0. The van der Waals surface area contributed by atoms with Crippen LogP contribution >= 0.6 is 11.8 Å². The Morgan fingerprint density at radius 2 is 2.10 bits per heavy atom. The molecule has 1 aromatic heterocycles. The molecule has 5 nitrogen and oxygen atoms in total. The van der Waals surface area contributed by atoms with Crippen molar-refractivity contribution >= 4 is 23.4 Å². The number of benzene rings is 1. The minimum Gasteiger partial charge on any atom is -0.395 e. The Morgan fingerprint density at radius 1 is 1.40 bits per heavy atom. The Bertz CT molecular complexity index is 595. The number of carbonyl (C=O) groups is 1. The summed E-state index contributed by atoms with van der Waals surface area (Å²) in [7, 11) is 1.72. The molecule has 106 valence electrons. The van der Waals surface area contributed by atoms with Gasteiger partial charge in [0.05, 0.1) is 11.4 Å². The maximum atomic E-state index is 12.0. The van der Waals surface area contributed by atoms with Crippen molar-refractivity contribution in [2.75, 3.05) is 18.0 Å². The number of nitrogens with two attached hydrogens (primary N) is 1. The van der Waals surface area contributed by atoms with Crippen molar-refractivity contribution < 1.29 is 4.79 Å². The number of nitrogens with zero attached hydrogens (tertiary/aromatic N) is 2. The molecule has 3 N–H and O–H groups in total. The summed E-state index contributed by atoms with van der Waals surface area (Å²) in [5, 5.41) is 7.00. The lowest BCUT2D eigenvalue weighted by atomic mass is 10.3. The SMILES string of the molecule is Cc1nn(C)c(C(=O)NCCSc2ccccc2)c1N. The highest BCUT2D eigenvalue weighted by Crippen LogP contribution is 2.17. The van der Waals surface area contributed by atoms with Gasteiger partial charge in [-0.15, -0.1) is 11.8 Å². The van der Waals surface area contributed by atoms with Crippen LogP contribution in [0.1, 0.15) is 16.2 Å². The van der Waals surface area contributed by atoms with Gasteiger partial charge in [-0.05, 0) is 19.1 Å². The molecule has 0 fully saturated rings. The molecular formula is C14H18N4OS. The van der Waals surface area contributed by atoms with Crippen LogP contribution < -0.4 is 11.1 Å². The van der Waals surface area contributed by atoms with Crippen molar-refractivity contribution in [3.8, 4) is 0 Å². The van der Waals surface area contributed by atoms with E-state index in [1.165, 1.54) is 9.58 Å². The molecule has 20 heavy (non-hydrogen) atoms. The number of aromatic nitrogens is 2. The Hall–Kier alpha value is -1.95. The molecular weight excluding hydrogens is 272 g/mol. The zero-order chi connectivity index (χ0) is 14.5. The van der Waals surface area contributed by atoms with E-state index >= 15 is 0 Å². The third-order valence-corrected chi connectivity index (χ3v) is 3.90. The quantitative estimate of drug-likeness (QED) is 0.651. The standard InChI is InChI=1S/C14H18N4OS/c1-10-12(15)13(18(2)17-10)14(19)16-8-9-20-11-6-4-3-5-7-11/h3-7H,8-9,15H2,1-2H3,(H,16,19). The number of hydrogen-bond acceptors (Lipinski definition) is 4. The highest BCUT2D eigenvalue weighted by atomic mass is 32.2. The molecule has 6 heteroatoms. The first-order valence-corrected chi connectivity index (χ1v) is 7.33. The van der Waals surface area contributed by atoms with E-state index in [1.807, 2.05) is 18.2 Å². The lowest BCUT2D eigenvalue weighted by Gasteiger charge is -2.06. The van der Waals surface area contributed by atoms with E-state index in [-0.39, 0.29) is 5.91 Å². The van der Waals surface area contributed by atoms with E-state index in [1.54, 1.807) is 25.7 Å². The van der Waals surface area contributed by atoms with Crippen LogP contribution in [0.15, 0.2) is 35.2 Å². The zero-order valence-corrected chi connectivity index (χ0v) is 12.4. The molecule has 0 unspecified atom stereocenters. The average Bonchev–Trinajstić information content (AvgIpc) is 2.69. The van der Waals surface area contributed by atoms with E-state index in [2.05, 4.69) is 22.5 Å². The molecule has 0 radical (unpaired) electrons. The van der Waals surface area contributed by atoms with Crippen LogP contribution in [0.2, 0.25) is 0 Å². The minimum absolute atomic E-state index is 0.181. The highest BCUT2D eigenvalue weighted by molar-refractivity contribution is 7.99. The first-order chi connectivity index (χ1) is 9.59. The lowest BCUT2D eigenvalue weighted by Crippen LogP contribution is -2.28. The summed E-state index contributed by atoms with van der Waals surface area (Å²) in [4.78, 5) is 13.2. The molecule has 1 heterocycles. The van der Waals surface area contributed by atoms with Crippen LogP contribution in [0.4, 0.5) is 5.69 Å². The van der Waals surface area contributed by atoms with Gasteiger partial charge in [0.15, 0.2) is 0 Å². The molecule has 2 aromatic rings. The first-order valence-electron chi connectivity index (χ1n) is 6.34. The fraction of sp³-hybridized carbons (Fsp3) is 0.286. The van der Waals surface area contributed by atoms with Crippen molar-refractivity contribution in [2.24, 2.45) is 7.05 Å². The number of thioether (sulfide) groups is 1. The molecule has 0 bridgehead atoms. The monoisotopic (exact) mass is 290 g/mol. The fourth-order valence-electron chi connectivity index (χ4n) is 1.88. The second-order valence-corrected chi connectivity index (χ2v) is 5.56. The lowest BCUT2D eigenvalue weighted by molar-refractivity contribution is 0.0947. The maximum Gasteiger partial charge on any atom is 0.271 e. The van der Waals surface area contributed by atoms with Crippen molar-refractivity contribution in [1.29, 1.82) is 0 Å². The van der Waals surface area contributed by atoms with Crippen LogP contribution in [0.25, 0.3) is 0 Å². The van der Waals surface area contributed by atoms with Gasteiger partial charge in [0.2, 0.25) is 0 Å². The first kappa shape index (κ1) is 14.5. The van der Waals surface area contributed by atoms with Gasteiger partial charge in [-0.1, -0.05) is 18.2 Å². The van der Waals surface area contributed by atoms with Gasteiger partial charge in [0.1, 0.15) is 5.69 Å². The summed E-state index contributed by atoms with van der Waals surface area (Å²) >= 11 is 1.70. The van der Waals surface area contributed by atoms with Crippen LogP contribution in [0.5, 0.6) is 0 Å². The van der Waals surface area contributed by atoms with Gasteiger partial charge in [-0.25, -0.2) is 0 Å². The van der Waals surface area contributed by atoms with Gasteiger partial charge in [-0.2, -0.15) is 5.10 Å². The predicted octanol–water partition coefficient (Wildman–Crippen LogP) is 1.83. The molecule has 0 saturated carbocycles. The van der Waals surface area contributed by atoms with E-state index in [4.69, 9.17) is 5.73 Å². The zero-order valence-electron chi connectivity index (χ0n) is 11.6. The summed E-state index contributed by atoms with van der Waals surface area (Å²) in [6, 6.07) is 10.1. The van der Waals surface area contributed by atoms with Gasteiger partial charge in [-0.3, -0.25) is 9.48 Å². The molecule has 1 aromatic carbocycles. The number of nitrogen functional groups attached to an aromatic ring is 1. The summed E-state index contributed by atoms with van der Waals surface area (Å²) in [5.74, 6) is 0.631. The largest absolute Gasteiger partial charge is 0.395 e. The Balaban J connectivity index is 1.84. The van der Waals surface area contributed by atoms with E-state index in [0.29, 0.717) is 23.6 Å². The van der Waals surface area contributed by atoms with Crippen molar-refractivity contribution in [3.63, 3.8) is 0 Å². The van der Waals surface area contributed by atoms with Crippen LogP contribution in [-0.4, -0.2) is 28.0 Å². The van der Waals surface area contributed by atoms with Gasteiger partial charge >= 0.3 is 0 Å². The summed E-state index contributed by atoms with van der Waals surface area (Å²) in [5.41, 5.74) is 7.40. The number of amides is 1. The van der Waals surface area contributed by atoms with Crippen LogP contribution in [0, 0.1) is 6.92 Å². The van der Waals surface area contributed by atoms with E-state index < -0.39 is 0 Å². The smallest absolute Gasteiger partial charge is 0.271 e. The number of hydrogen-bond donors (Lipinski definition) is 2. The van der Waals surface area contributed by atoms with Crippen LogP contribution in [-0.2, 0) is 7.05 Å². The van der Waals surface area contributed by atoms with E-state index in [9.17, 15) is 4.79 Å². The summed E-state index contributed by atoms with van der Waals surface area (Å²) in [6.45, 7) is 2.37. The molecule has 0 saturated heterocycles. The molecule has 0 aliphatic heterocycles. The molecule has 0 atom stereocenters. The van der Waals surface area contributed by atoms with Crippen molar-refractivity contribution in [1.82, 2.24) is 15.1 Å². The summed E-state index contributed by atoms with van der Waals surface area (Å²) < 4.78 is 1.52. The number of aryl methyl sites for hydroxylation is 2.